The third-order valence-corrected chi connectivity index (χ3v) is 13.7. The minimum absolute atomic E-state index is 0.0388. The van der Waals surface area contributed by atoms with E-state index in [9.17, 15) is 19.2 Å². The fourth-order valence-corrected chi connectivity index (χ4v) is 11.0. The van der Waals surface area contributed by atoms with Crippen molar-refractivity contribution < 1.29 is 33.8 Å². The van der Waals surface area contributed by atoms with Crippen molar-refractivity contribution in [2.75, 3.05) is 51.3 Å². The van der Waals surface area contributed by atoms with Crippen LogP contribution in [0.4, 0.5) is 5.69 Å². The number of allylic oxidation sites excluding steroid dienone is 4. The summed E-state index contributed by atoms with van der Waals surface area (Å²) in [4.78, 5) is 54.0. The van der Waals surface area contributed by atoms with E-state index in [-0.39, 0.29) is 36.0 Å². The molecule has 2 saturated carbocycles. The number of carbonyl (C=O) groups is 4. The average Bonchev–Trinajstić information content (AvgIpc) is 3.43. The second kappa shape index (κ2) is 17.0. The van der Waals surface area contributed by atoms with Crippen LogP contribution in [0.2, 0.25) is 0 Å². The van der Waals surface area contributed by atoms with Gasteiger partial charge in [0.05, 0.1) is 6.61 Å². The van der Waals surface area contributed by atoms with Gasteiger partial charge in [-0.25, -0.2) is 4.79 Å². The molecule has 1 N–H and O–H groups in total. The first kappa shape index (κ1) is 39.4. The van der Waals surface area contributed by atoms with E-state index in [0.717, 1.165) is 77.5 Å². The first-order valence-corrected chi connectivity index (χ1v) is 20.4. The van der Waals surface area contributed by atoms with E-state index in [2.05, 4.69) is 48.0 Å². The standard InChI is InChI=1S/C44H62N2O7/c1-30(47)44(53-31(2)48)21-18-40-38-16-12-34-26-36(49)15-17-37(34)42(38)39(27-43(40,44)3)33-10-13-35(14-11-33)45(4)22-8-6-5-7-9-23-46-24-19-32(20-25-46)28-52-29-41(50)51/h10-11,13-14,26,32,38-40H,5-9,12,15-25,27-29H2,1-4H3,(H,50,51)/t38-,39+,40-,43-,44-/m0/s1. The number of carbonyl (C=O) groups excluding carboxylic acids is 3. The molecule has 0 bridgehead atoms. The molecular formula is C44H62N2O7. The minimum atomic E-state index is -1.10. The Balaban J connectivity index is 1.05. The van der Waals surface area contributed by atoms with Crippen LogP contribution < -0.4 is 4.90 Å². The minimum Gasteiger partial charge on any atom is -0.480 e. The van der Waals surface area contributed by atoms with Crippen molar-refractivity contribution in [3.05, 3.63) is 52.6 Å². The predicted octanol–water partition coefficient (Wildman–Crippen LogP) is 7.68. The van der Waals surface area contributed by atoms with Gasteiger partial charge in [0, 0.05) is 44.0 Å². The van der Waals surface area contributed by atoms with Crippen LogP contribution in [0.3, 0.4) is 0 Å². The van der Waals surface area contributed by atoms with Gasteiger partial charge in [0.1, 0.15) is 6.61 Å². The SMILES string of the molecule is CC(=O)O[C@]1(C(C)=O)CC[C@H]2[C@@H]3CCC4=CC(=O)CCC4=C3[C@@H](c3ccc(N(C)CCCCCCCN4CCC(COCC(=O)O)CC4)cc3)C[C@@]21C. The van der Waals surface area contributed by atoms with Crippen LogP contribution in [0.1, 0.15) is 122 Å². The summed E-state index contributed by atoms with van der Waals surface area (Å²) in [6, 6.07) is 9.04. The summed E-state index contributed by atoms with van der Waals surface area (Å²) in [5.74, 6) is 0.0549. The number of fused-ring (bicyclic) bond motifs is 4. The maximum absolute atomic E-state index is 13.5. The number of aliphatic carboxylic acids is 1. The van der Waals surface area contributed by atoms with Crippen molar-refractivity contribution in [2.24, 2.45) is 23.2 Å². The van der Waals surface area contributed by atoms with E-state index in [0.29, 0.717) is 31.3 Å². The molecular weight excluding hydrogens is 668 g/mol. The predicted molar refractivity (Wildman–Crippen MR) is 206 cm³/mol. The van der Waals surface area contributed by atoms with Crippen LogP contribution in [0.15, 0.2) is 47.1 Å². The Bertz CT molecular complexity index is 1570. The molecule has 0 radical (unpaired) electrons. The van der Waals surface area contributed by atoms with Gasteiger partial charge < -0.3 is 24.4 Å². The van der Waals surface area contributed by atoms with Crippen LogP contribution in [-0.2, 0) is 28.7 Å². The number of anilines is 1. The fourth-order valence-electron chi connectivity index (χ4n) is 11.0. The van der Waals surface area contributed by atoms with Gasteiger partial charge in [-0.15, -0.1) is 0 Å². The lowest BCUT2D eigenvalue weighted by Gasteiger charge is -2.55. The van der Waals surface area contributed by atoms with Gasteiger partial charge in [0.2, 0.25) is 0 Å². The summed E-state index contributed by atoms with van der Waals surface area (Å²) in [6.07, 6.45) is 15.6. The highest BCUT2D eigenvalue weighted by Crippen LogP contribution is 2.67. The number of carboxylic acids is 1. The van der Waals surface area contributed by atoms with Crippen molar-refractivity contribution in [1.29, 1.82) is 0 Å². The molecule has 1 aromatic rings. The number of piperidine rings is 1. The molecule has 6 rings (SSSR count). The molecule has 1 aliphatic heterocycles. The van der Waals surface area contributed by atoms with Crippen LogP contribution in [0.25, 0.3) is 0 Å². The normalized spacial score (nSPS) is 28.9. The fraction of sp³-hybridized carbons (Fsp3) is 0.682. The Morgan fingerprint density at radius 1 is 0.943 bits per heavy atom. The molecule has 0 unspecified atom stereocenters. The van der Waals surface area contributed by atoms with E-state index in [4.69, 9.17) is 14.6 Å². The van der Waals surface area contributed by atoms with Gasteiger partial charge in [0.15, 0.2) is 17.2 Å². The number of carboxylic acid groups (broad SMARTS) is 1. The number of esters is 1. The Kier molecular flexibility index (Phi) is 12.6. The Morgan fingerprint density at radius 2 is 1.66 bits per heavy atom. The van der Waals surface area contributed by atoms with Crippen molar-refractivity contribution in [2.45, 2.75) is 122 Å². The Labute approximate surface area is 316 Å². The van der Waals surface area contributed by atoms with Crippen molar-refractivity contribution in [3.8, 4) is 0 Å². The van der Waals surface area contributed by atoms with Gasteiger partial charge in [0.25, 0.3) is 0 Å². The number of ether oxygens (including phenoxy) is 2. The third kappa shape index (κ3) is 8.51. The van der Waals surface area contributed by atoms with Crippen molar-refractivity contribution in [3.63, 3.8) is 0 Å². The monoisotopic (exact) mass is 730 g/mol. The topological polar surface area (TPSA) is 113 Å². The molecule has 5 aliphatic rings. The molecule has 53 heavy (non-hydrogen) atoms. The van der Waals surface area contributed by atoms with Crippen LogP contribution in [0.5, 0.6) is 0 Å². The molecule has 1 heterocycles. The quantitative estimate of drug-likeness (QED) is 0.135. The summed E-state index contributed by atoms with van der Waals surface area (Å²) in [5, 5.41) is 8.76. The molecule has 0 spiro atoms. The summed E-state index contributed by atoms with van der Waals surface area (Å²) < 4.78 is 11.4. The maximum atomic E-state index is 13.5. The molecule has 1 aromatic carbocycles. The number of benzene rings is 1. The zero-order valence-electron chi connectivity index (χ0n) is 32.6. The molecule has 4 aliphatic carbocycles. The van der Waals surface area contributed by atoms with Gasteiger partial charge in [-0.3, -0.25) is 14.4 Å². The van der Waals surface area contributed by atoms with Crippen LogP contribution >= 0.6 is 0 Å². The number of ketones is 2. The van der Waals surface area contributed by atoms with Gasteiger partial charge >= 0.3 is 11.9 Å². The highest BCUT2D eigenvalue weighted by molar-refractivity contribution is 5.93. The highest BCUT2D eigenvalue weighted by atomic mass is 16.6. The first-order valence-electron chi connectivity index (χ1n) is 20.4. The largest absolute Gasteiger partial charge is 0.480 e. The molecule has 3 fully saturated rings. The second-order valence-electron chi connectivity index (χ2n) is 17.0. The lowest BCUT2D eigenvalue weighted by molar-refractivity contribution is -0.182. The molecule has 290 valence electrons. The van der Waals surface area contributed by atoms with Crippen molar-refractivity contribution >= 4 is 29.2 Å². The Morgan fingerprint density at radius 3 is 2.36 bits per heavy atom. The average molecular weight is 731 g/mol. The summed E-state index contributed by atoms with van der Waals surface area (Å²) in [6.45, 7) is 9.92. The number of Topliss-reactive ketones (excluding diaryl/α,β-unsaturated/α-hetero) is 1. The number of rotatable bonds is 16. The lowest BCUT2D eigenvalue weighted by atomic mass is 9.50. The lowest BCUT2D eigenvalue weighted by Crippen LogP contribution is -2.57. The highest BCUT2D eigenvalue weighted by Gasteiger charge is 2.67. The number of likely N-dealkylation sites (tertiary alicyclic amines) is 1. The van der Waals surface area contributed by atoms with Crippen molar-refractivity contribution in [1.82, 2.24) is 4.90 Å². The van der Waals surface area contributed by atoms with E-state index < -0.39 is 17.0 Å². The van der Waals surface area contributed by atoms with Gasteiger partial charge in [-0.05, 0) is 143 Å². The number of unbranched alkanes of at least 4 members (excludes halogenated alkanes) is 4. The smallest absolute Gasteiger partial charge is 0.329 e. The summed E-state index contributed by atoms with van der Waals surface area (Å²) in [7, 11) is 2.17. The van der Waals surface area contributed by atoms with Gasteiger partial charge in [-0.2, -0.15) is 0 Å². The zero-order valence-corrected chi connectivity index (χ0v) is 32.6. The number of hydrogen-bond donors (Lipinski definition) is 1. The van der Waals surface area contributed by atoms with Gasteiger partial charge in [-0.1, -0.05) is 43.9 Å². The Hall–Kier alpha value is -3.30. The molecule has 9 heteroatoms. The number of hydrogen-bond acceptors (Lipinski definition) is 8. The van der Waals surface area contributed by atoms with E-state index >= 15 is 0 Å². The van der Waals surface area contributed by atoms with Crippen LogP contribution in [0, 0.1) is 23.2 Å². The number of nitrogens with zero attached hydrogens (tertiary/aromatic N) is 2. The summed E-state index contributed by atoms with van der Waals surface area (Å²) in [5.41, 5.74) is 4.95. The van der Waals surface area contributed by atoms with E-state index in [1.54, 1.807) is 6.92 Å². The van der Waals surface area contributed by atoms with Crippen LogP contribution in [-0.4, -0.2) is 85.6 Å². The third-order valence-electron chi connectivity index (χ3n) is 13.7. The summed E-state index contributed by atoms with van der Waals surface area (Å²) >= 11 is 0. The molecule has 1 saturated heterocycles. The van der Waals surface area contributed by atoms with E-state index in [1.807, 2.05) is 6.08 Å². The molecule has 0 amide bonds. The molecule has 9 nitrogen and oxygen atoms in total. The molecule has 5 atom stereocenters. The maximum Gasteiger partial charge on any atom is 0.329 e. The molecule has 0 aromatic heterocycles. The van der Waals surface area contributed by atoms with E-state index in [1.165, 1.54) is 60.6 Å². The second-order valence-corrected chi connectivity index (χ2v) is 17.0. The first-order chi connectivity index (χ1) is 25.4. The zero-order chi connectivity index (χ0) is 37.8.